The van der Waals surface area contributed by atoms with E-state index in [1.54, 1.807) is 12.1 Å². The summed E-state index contributed by atoms with van der Waals surface area (Å²) in [4.78, 5) is 15.3. The smallest absolute Gasteiger partial charge is 0.243 e. The minimum atomic E-state index is -3.66. The van der Waals surface area contributed by atoms with Crippen LogP contribution in [0.4, 0.5) is 11.4 Å². The summed E-state index contributed by atoms with van der Waals surface area (Å²) in [5, 5.41) is 2.97. The zero-order chi connectivity index (χ0) is 23.3. The fourth-order valence-corrected chi connectivity index (χ4v) is 5.63. The molecule has 2 saturated heterocycles. The first kappa shape index (κ1) is 23.5. The van der Waals surface area contributed by atoms with Gasteiger partial charge in [-0.2, -0.15) is 4.31 Å². The Morgan fingerprint density at radius 1 is 1.03 bits per heavy atom. The summed E-state index contributed by atoms with van der Waals surface area (Å²) in [6.07, 6.45) is 2.34. The van der Waals surface area contributed by atoms with E-state index >= 15 is 0 Å². The van der Waals surface area contributed by atoms with E-state index in [1.165, 1.54) is 4.31 Å². The van der Waals surface area contributed by atoms with Crippen molar-refractivity contribution in [1.29, 1.82) is 0 Å². The van der Waals surface area contributed by atoms with Crippen molar-refractivity contribution in [2.24, 2.45) is 0 Å². The van der Waals surface area contributed by atoms with Gasteiger partial charge in [0.2, 0.25) is 15.9 Å². The van der Waals surface area contributed by atoms with Crippen LogP contribution in [-0.2, 0) is 26.0 Å². The molecular weight excluding hydrogens is 442 g/mol. The fourth-order valence-electron chi connectivity index (χ4n) is 4.20. The molecule has 2 aromatic rings. The quantitative estimate of drug-likeness (QED) is 0.634. The van der Waals surface area contributed by atoms with Crippen molar-refractivity contribution in [3.63, 3.8) is 0 Å². The summed E-state index contributed by atoms with van der Waals surface area (Å²) in [7, 11) is -3.66. The Morgan fingerprint density at radius 2 is 1.73 bits per heavy atom. The Hall–Kier alpha value is -2.62. The number of anilines is 2. The fraction of sp³-hybridized carbons (Fsp3) is 0.458. The summed E-state index contributed by atoms with van der Waals surface area (Å²) in [5.74, 6) is 0.569. The van der Waals surface area contributed by atoms with Gasteiger partial charge in [-0.1, -0.05) is 12.1 Å². The van der Waals surface area contributed by atoms with Gasteiger partial charge < -0.3 is 19.7 Å². The molecule has 0 aromatic heterocycles. The van der Waals surface area contributed by atoms with Crippen molar-refractivity contribution < 1.29 is 22.7 Å². The van der Waals surface area contributed by atoms with E-state index in [0.717, 1.165) is 42.9 Å². The lowest BCUT2D eigenvalue weighted by molar-refractivity contribution is -0.115. The minimum absolute atomic E-state index is 0.184. The number of morpholine rings is 1. The molecule has 0 aliphatic carbocycles. The second-order valence-electron chi connectivity index (χ2n) is 8.19. The molecule has 9 heteroatoms. The molecule has 1 amide bonds. The predicted molar refractivity (Wildman–Crippen MR) is 127 cm³/mol. The van der Waals surface area contributed by atoms with Crippen LogP contribution in [-0.4, -0.2) is 64.6 Å². The van der Waals surface area contributed by atoms with Crippen LogP contribution < -0.4 is 15.0 Å². The first-order chi connectivity index (χ1) is 16.0. The number of amides is 1. The number of carbonyl (C=O) groups excluding carboxylic acids is 1. The largest absolute Gasteiger partial charge is 0.494 e. The summed E-state index contributed by atoms with van der Waals surface area (Å²) in [5.41, 5.74) is 2.24. The molecule has 2 fully saturated rings. The maximum absolute atomic E-state index is 13.2. The van der Waals surface area contributed by atoms with Gasteiger partial charge in [-0.25, -0.2) is 8.42 Å². The number of sulfonamides is 1. The summed E-state index contributed by atoms with van der Waals surface area (Å²) >= 11 is 0. The Bertz CT molecular complexity index is 1060. The second-order valence-corrected chi connectivity index (χ2v) is 10.1. The van der Waals surface area contributed by atoms with Crippen LogP contribution in [0.3, 0.4) is 0 Å². The van der Waals surface area contributed by atoms with Gasteiger partial charge in [0.05, 0.1) is 42.5 Å². The first-order valence-corrected chi connectivity index (χ1v) is 12.9. The highest BCUT2D eigenvalue weighted by Crippen LogP contribution is 2.32. The van der Waals surface area contributed by atoms with E-state index in [0.29, 0.717) is 38.6 Å². The molecule has 0 unspecified atom stereocenters. The van der Waals surface area contributed by atoms with Gasteiger partial charge in [0.15, 0.2) is 0 Å². The Kier molecular flexibility index (Phi) is 7.52. The van der Waals surface area contributed by atoms with Gasteiger partial charge in [-0.05, 0) is 55.7 Å². The molecule has 8 nitrogen and oxygen atoms in total. The van der Waals surface area contributed by atoms with Gasteiger partial charge in [0.25, 0.3) is 0 Å². The molecule has 0 atom stereocenters. The topological polar surface area (TPSA) is 88.2 Å². The average Bonchev–Trinajstić information content (AvgIpc) is 3.36. The molecule has 2 aliphatic rings. The van der Waals surface area contributed by atoms with E-state index in [2.05, 4.69) is 10.2 Å². The minimum Gasteiger partial charge on any atom is -0.494 e. The molecule has 178 valence electrons. The maximum atomic E-state index is 13.2. The molecule has 0 bridgehead atoms. The zero-order valence-corrected chi connectivity index (χ0v) is 19.8. The lowest BCUT2D eigenvalue weighted by Gasteiger charge is -2.27. The summed E-state index contributed by atoms with van der Waals surface area (Å²) < 4.78 is 38.5. The average molecular weight is 474 g/mol. The summed E-state index contributed by atoms with van der Waals surface area (Å²) in [6.45, 7) is 5.71. The monoisotopic (exact) mass is 473 g/mol. The van der Waals surface area contributed by atoms with Gasteiger partial charge in [0.1, 0.15) is 5.75 Å². The lowest BCUT2D eigenvalue weighted by Crippen LogP contribution is -2.40. The van der Waals surface area contributed by atoms with Gasteiger partial charge in [-0.15, -0.1) is 0 Å². The highest BCUT2D eigenvalue weighted by atomic mass is 32.2. The number of carbonyl (C=O) groups is 1. The van der Waals surface area contributed by atoms with E-state index in [-0.39, 0.29) is 17.2 Å². The number of nitrogens with one attached hydrogen (secondary N) is 1. The number of hydrogen-bond acceptors (Lipinski definition) is 6. The zero-order valence-electron chi connectivity index (χ0n) is 19.0. The standard InChI is InChI=1S/C24H31N3O5S/c1-2-32-20-7-5-19(6-8-20)17-24(28)25-22-18-21(9-10-23(22)26-11-3-4-12-26)33(29,30)27-13-15-31-16-14-27/h5-10,18H,2-4,11-17H2,1H3,(H,25,28). The number of ether oxygens (including phenoxy) is 2. The SMILES string of the molecule is CCOc1ccc(CC(=O)Nc2cc(S(=O)(=O)N3CCOCC3)ccc2N2CCCC2)cc1. The second kappa shape index (κ2) is 10.5. The van der Waals surface area contributed by atoms with Crippen LogP contribution in [0.1, 0.15) is 25.3 Å². The van der Waals surface area contributed by atoms with Crippen molar-refractivity contribution >= 4 is 27.3 Å². The molecule has 4 rings (SSSR count). The van der Waals surface area contributed by atoms with Crippen LogP contribution in [0.5, 0.6) is 5.75 Å². The molecule has 0 spiro atoms. The van der Waals surface area contributed by atoms with Crippen LogP contribution in [0.15, 0.2) is 47.4 Å². The third-order valence-electron chi connectivity index (χ3n) is 5.90. The number of rotatable bonds is 8. The van der Waals surface area contributed by atoms with Crippen molar-refractivity contribution in [1.82, 2.24) is 4.31 Å². The number of nitrogens with zero attached hydrogens (tertiary/aromatic N) is 2. The predicted octanol–water partition coefficient (Wildman–Crippen LogP) is 2.89. The van der Waals surface area contributed by atoms with Gasteiger partial charge >= 0.3 is 0 Å². The van der Waals surface area contributed by atoms with Crippen LogP contribution >= 0.6 is 0 Å². The lowest BCUT2D eigenvalue weighted by atomic mass is 10.1. The molecule has 2 heterocycles. The Morgan fingerprint density at radius 3 is 2.39 bits per heavy atom. The molecule has 0 radical (unpaired) electrons. The number of benzene rings is 2. The van der Waals surface area contributed by atoms with Gasteiger partial charge in [0, 0.05) is 26.2 Å². The molecule has 0 saturated carbocycles. The van der Waals surface area contributed by atoms with Crippen molar-refractivity contribution in [2.45, 2.75) is 31.1 Å². The summed E-state index contributed by atoms with van der Waals surface area (Å²) in [6, 6.07) is 12.5. The van der Waals surface area contributed by atoms with E-state index in [1.807, 2.05) is 37.3 Å². The molecule has 33 heavy (non-hydrogen) atoms. The number of hydrogen-bond donors (Lipinski definition) is 1. The molecule has 2 aromatic carbocycles. The van der Waals surface area contributed by atoms with Crippen molar-refractivity contribution in [2.75, 3.05) is 56.2 Å². The van der Waals surface area contributed by atoms with Crippen molar-refractivity contribution in [3.8, 4) is 5.75 Å². The maximum Gasteiger partial charge on any atom is 0.243 e. The van der Waals surface area contributed by atoms with Crippen molar-refractivity contribution in [3.05, 3.63) is 48.0 Å². The van der Waals surface area contributed by atoms with E-state index in [9.17, 15) is 13.2 Å². The molecule has 2 aliphatic heterocycles. The van der Waals surface area contributed by atoms with E-state index < -0.39 is 10.0 Å². The highest BCUT2D eigenvalue weighted by molar-refractivity contribution is 7.89. The normalized spacial score (nSPS) is 17.2. The van der Waals surface area contributed by atoms with E-state index in [4.69, 9.17) is 9.47 Å². The van der Waals surface area contributed by atoms with Crippen LogP contribution in [0.2, 0.25) is 0 Å². The third-order valence-corrected chi connectivity index (χ3v) is 7.79. The molecular formula is C24H31N3O5S. The Labute approximate surface area is 195 Å². The Balaban J connectivity index is 1.56. The van der Waals surface area contributed by atoms with Crippen LogP contribution in [0, 0.1) is 0 Å². The third kappa shape index (κ3) is 5.66. The highest BCUT2D eigenvalue weighted by Gasteiger charge is 2.28. The first-order valence-electron chi connectivity index (χ1n) is 11.5. The van der Waals surface area contributed by atoms with Gasteiger partial charge in [-0.3, -0.25) is 4.79 Å². The molecule has 1 N–H and O–H groups in total. The van der Waals surface area contributed by atoms with Crippen LogP contribution in [0.25, 0.3) is 0 Å².